The van der Waals surface area contributed by atoms with Crippen LogP contribution in [0.1, 0.15) is 0 Å². The molecule has 0 atom stereocenters. The second-order valence-corrected chi connectivity index (χ2v) is 8.24. The quantitative estimate of drug-likeness (QED) is 0.733. The highest BCUT2D eigenvalue weighted by molar-refractivity contribution is 8.19. The summed E-state index contributed by atoms with van der Waals surface area (Å²) in [6.07, 6.45) is 0. The van der Waals surface area contributed by atoms with E-state index >= 15 is 0 Å². The minimum atomic E-state index is -5.63. The van der Waals surface area contributed by atoms with Gasteiger partial charge in [0, 0.05) is 0 Å². The lowest BCUT2D eigenvalue weighted by molar-refractivity contribution is -0.0435. The summed E-state index contributed by atoms with van der Waals surface area (Å²) in [6, 6.07) is 0. The lowest BCUT2D eigenvalue weighted by Crippen LogP contribution is -2.28. The highest BCUT2D eigenvalue weighted by Crippen LogP contribution is 2.30. The van der Waals surface area contributed by atoms with Gasteiger partial charge in [-0.1, -0.05) is 0 Å². The largest absolute Gasteiger partial charge is 0.498 e. The predicted molar refractivity (Wildman–Crippen MR) is 47.3 cm³/mol. The van der Waals surface area contributed by atoms with Gasteiger partial charge in [-0.15, -0.1) is 11.8 Å². The molecule has 13 heteroatoms. The highest BCUT2D eigenvalue weighted by atomic mass is 32.3. The van der Waals surface area contributed by atoms with Crippen molar-refractivity contribution >= 4 is 31.4 Å². The van der Waals surface area contributed by atoms with Gasteiger partial charge >= 0.3 is 11.0 Å². The molecular weight excluding hydrogens is 322 g/mol. The summed E-state index contributed by atoms with van der Waals surface area (Å²) in [4.78, 5) is 0. The Kier molecular flexibility index (Phi) is 4.79. The third-order valence-corrected chi connectivity index (χ3v) is 6.41. The molecule has 0 spiro atoms. The maximum Gasteiger partial charge on any atom is 0.498 e. The monoisotopic (exact) mass is 326 g/mol. The Morgan fingerprint density at radius 1 is 0.706 bits per heavy atom. The third-order valence-electron chi connectivity index (χ3n) is 1.18. The Labute approximate surface area is 96.2 Å². The van der Waals surface area contributed by atoms with Crippen LogP contribution in [-0.4, -0.2) is 38.0 Å². The zero-order chi connectivity index (χ0) is 14.1. The molecule has 0 aromatic heterocycles. The average molecular weight is 326 g/mol. The smallest absolute Gasteiger partial charge is 0.219 e. The molecule has 0 saturated heterocycles. The summed E-state index contributed by atoms with van der Waals surface area (Å²) in [5.74, 6) is 0. The third kappa shape index (κ3) is 4.54. The average Bonchev–Trinajstić information content (AvgIpc) is 1.98. The first kappa shape index (κ1) is 16.8. The molecule has 0 N–H and O–H groups in total. The van der Waals surface area contributed by atoms with Crippen LogP contribution >= 0.6 is 11.8 Å². The van der Waals surface area contributed by atoms with Crippen LogP contribution in [0.3, 0.4) is 0 Å². The molecule has 0 unspecified atom stereocenters. The van der Waals surface area contributed by atoms with Gasteiger partial charge in [0.1, 0.15) is 10.2 Å². The van der Waals surface area contributed by atoms with Crippen LogP contribution in [0, 0.1) is 0 Å². The van der Waals surface area contributed by atoms with Crippen molar-refractivity contribution in [3.63, 3.8) is 0 Å². The van der Waals surface area contributed by atoms with Crippen LogP contribution in [-0.2, 0) is 19.7 Å². The fourth-order valence-corrected chi connectivity index (χ4v) is 4.10. The molecule has 0 bridgehead atoms. The molecule has 0 aliphatic heterocycles. The summed E-state index contributed by atoms with van der Waals surface area (Å²) in [6.45, 7) is 0. The van der Waals surface area contributed by atoms with Gasteiger partial charge < -0.3 is 0 Å². The minimum Gasteiger partial charge on any atom is -0.219 e. The van der Waals surface area contributed by atoms with Crippen molar-refractivity contribution in [2.45, 2.75) is 11.0 Å². The number of rotatable bonds is 4. The van der Waals surface area contributed by atoms with Gasteiger partial charge in [-0.25, -0.2) is 16.8 Å². The lowest BCUT2D eigenvalue weighted by atomic mass is 11.6. The maximum atomic E-state index is 11.7. The van der Waals surface area contributed by atoms with Crippen LogP contribution in [0.2, 0.25) is 0 Å². The molecule has 104 valence electrons. The SMILES string of the molecule is O=S(=O)(CSCS(=O)(=O)C(F)(F)F)C(F)(F)F. The van der Waals surface area contributed by atoms with E-state index in [1.807, 2.05) is 0 Å². The zero-order valence-electron chi connectivity index (χ0n) is 7.54. The van der Waals surface area contributed by atoms with E-state index in [4.69, 9.17) is 0 Å². The van der Waals surface area contributed by atoms with Gasteiger partial charge in [0.2, 0.25) is 0 Å². The summed E-state index contributed by atoms with van der Waals surface area (Å²) in [7, 11) is -11.3. The van der Waals surface area contributed by atoms with E-state index in [0.717, 1.165) is 0 Å². The Morgan fingerprint density at radius 2 is 0.941 bits per heavy atom. The Hall–Kier alpha value is -0.170. The lowest BCUT2D eigenvalue weighted by Gasteiger charge is -2.09. The van der Waals surface area contributed by atoms with Gasteiger partial charge in [-0.2, -0.15) is 26.3 Å². The number of hydrogen-bond acceptors (Lipinski definition) is 5. The Bertz CT molecular complexity index is 412. The van der Waals surface area contributed by atoms with Crippen LogP contribution < -0.4 is 0 Å². The van der Waals surface area contributed by atoms with E-state index in [1.54, 1.807) is 0 Å². The normalized spacial score (nSPS) is 14.9. The fourth-order valence-electron chi connectivity index (χ4n) is 0.387. The molecule has 17 heavy (non-hydrogen) atoms. The first-order valence-corrected chi connectivity index (χ1v) is 7.82. The van der Waals surface area contributed by atoms with Crippen molar-refractivity contribution < 1.29 is 43.2 Å². The topological polar surface area (TPSA) is 68.3 Å². The fraction of sp³-hybridized carbons (Fsp3) is 1.00. The molecule has 0 heterocycles. The van der Waals surface area contributed by atoms with Gasteiger partial charge in [-0.05, 0) is 0 Å². The van der Waals surface area contributed by atoms with Crippen LogP contribution in [0.4, 0.5) is 26.3 Å². The molecule has 0 aromatic carbocycles. The maximum absolute atomic E-state index is 11.7. The molecule has 0 fully saturated rings. The number of sulfone groups is 2. The molecule has 0 rings (SSSR count). The van der Waals surface area contributed by atoms with Crippen LogP contribution in [0.5, 0.6) is 0 Å². The van der Waals surface area contributed by atoms with Crippen molar-refractivity contribution in [1.29, 1.82) is 0 Å². The standard InChI is InChI=1S/C4H4F6O4S3/c5-3(6,7)16(11,12)1-15-2-17(13,14)4(8,9)10/h1-2H2. The summed E-state index contributed by atoms with van der Waals surface area (Å²) < 4.78 is 112. The van der Waals surface area contributed by atoms with Crippen LogP contribution in [0.15, 0.2) is 0 Å². The van der Waals surface area contributed by atoms with E-state index < -0.39 is 52.6 Å². The van der Waals surface area contributed by atoms with E-state index in [2.05, 4.69) is 0 Å². The second-order valence-electron chi connectivity index (χ2n) is 2.56. The summed E-state index contributed by atoms with van der Waals surface area (Å²) >= 11 is -0.495. The van der Waals surface area contributed by atoms with Crippen molar-refractivity contribution in [3.8, 4) is 0 Å². The minimum absolute atomic E-state index is 0.495. The van der Waals surface area contributed by atoms with Gasteiger partial charge in [0.15, 0.2) is 0 Å². The zero-order valence-corrected chi connectivity index (χ0v) is 9.99. The number of thioether (sulfide) groups is 1. The van der Waals surface area contributed by atoms with E-state index in [-0.39, 0.29) is 0 Å². The number of hydrogen-bond donors (Lipinski definition) is 0. The van der Waals surface area contributed by atoms with Crippen molar-refractivity contribution in [1.82, 2.24) is 0 Å². The van der Waals surface area contributed by atoms with E-state index in [0.29, 0.717) is 0 Å². The molecule has 0 aromatic rings. The van der Waals surface area contributed by atoms with E-state index in [9.17, 15) is 43.2 Å². The summed E-state index contributed by atoms with van der Waals surface area (Å²) in [5, 5.41) is -3.57. The summed E-state index contributed by atoms with van der Waals surface area (Å²) in [5.41, 5.74) is -11.2. The molecule has 0 aliphatic carbocycles. The second kappa shape index (κ2) is 4.84. The molecule has 4 nitrogen and oxygen atoms in total. The van der Waals surface area contributed by atoms with Gasteiger partial charge in [0.05, 0.1) is 0 Å². The van der Waals surface area contributed by atoms with Crippen LogP contribution in [0.25, 0.3) is 0 Å². The molecular formula is C4H4F6O4S3. The molecule has 0 aliphatic rings. The van der Waals surface area contributed by atoms with Crippen molar-refractivity contribution in [2.75, 3.05) is 10.2 Å². The van der Waals surface area contributed by atoms with Crippen molar-refractivity contribution in [3.05, 3.63) is 0 Å². The first-order valence-electron chi connectivity index (χ1n) is 3.36. The Morgan fingerprint density at radius 3 is 1.12 bits per heavy atom. The Balaban J connectivity index is 4.58. The highest BCUT2D eigenvalue weighted by Gasteiger charge is 2.48. The molecule has 0 saturated carbocycles. The predicted octanol–water partition coefficient (Wildman–Crippen LogP) is 1.50. The van der Waals surface area contributed by atoms with Gasteiger partial charge in [-0.3, -0.25) is 0 Å². The number of alkyl halides is 6. The molecule has 0 radical (unpaired) electrons. The van der Waals surface area contributed by atoms with E-state index in [1.165, 1.54) is 0 Å². The first-order chi connectivity index (χ1) is 7.21. The number of halogens is 6. The van der Waals surface area contributed by atoms with Crippen molar-refractivity contribution in [2.24, 2.45) is 0 Å². The van der Waals surface area contributed by atoms with Gasteiger partial charge in [0.25, 0.3) is 19.7 Å². The molecule has 0 amide bonds.